The highest BCUT2D eigenvalue weighted by Crippen LogP contribution is 2.39. The number of carbonyl (C=O) groups excluding carboxylic acids is 3. The molecule has 0 aromatic heterocycles. The van der Waals surface area contributed by atoms with E-state index in [-0.39, 0.29) is 26.0 Å². The summed E-state index contributed by atoms with van der Waals surface area (Å²) in [6, 6.07) is 10.4. The van der Waals surface area contributed by atoms with Crippen LogP contribution < -0.4 is 29.6 Å². The molecule has 2 N–H and O–H groups in total. The van der Waals surface area contributed by atoms with Crippen LogP contribution in [0, 0.1) is 11.3 Å². The Hall–Kier alpha value is -4.30. The zero-order valence-corrected chi connectivity index (χ0v) is 33.4. The molecule has 1 saturated heterocycles. The number of alkyl halides is 1. The summed E-state index contributed by atoms with van der Waals surface area (Å²) in [6.45, 7) is 10.3. The fourth-order valence-corrected chi connectivity index (χ4v) is 6.19. The van der Waals surface area contributed by atoms with Gasteiger partial charge in [-0.05, 0) is 76.0 Å². The number of alkyl carbamates (subject to hydrolysis) is 1. The van der Waals surface area contributed by atoms with Crippen LogP contribution in [0.25, 0.3) is 0 Å². The van der Waals surface area contributed by atoms with Crippen molar-refractivity contribution in [2.24, 2.45) is 11.3 Å². The average molecular weight is 763 g/mol. The molecule has 0 bridgehead atoms. The molecular weight excluding hydrogens is 703 g/mol. The normalized spacial score (nSPS) is 16.9. The van der Waals surface area contributed by atoms with E-state index < -0.39 is 59.5 Å². The third-order valence-electron chi connectivity index (χ3n) is 9.20. The Bertz CT molecular complexity index is 1490. The maximum atomic E-state index is 14.3. The maximum absolute atomic E-state index is 14.3. The first-order valence-electron chi connectivity index (χ1n) is 18.2. The highest BCUT2D eigenvalue weighted by atomic mass is 19.1. The maximum Gasteiger partial charge on any atom is 0.408 e. The van der Waals surface area contributed by atoms with E-state index in [4.69, 9.17) is 37.9 Å². The van der Waals surface area contributed by atoms with Crippen molar-refractivity contribution in [2.75, 3.05) is 48.3 Å². The zero-order valence-electron chi connectivity index (χ0n) is 33.4. The summed E-state index contributed by atoms with van der Waals surface area (Å²) in [6.07, 6.45) is 0.564. The van der Waals surface area contributed by atoms with Crippen LogP contribution in [0.5, 0.6) is 23.0 Å². The second-order valence-electron chi connectivity index (χ2n) is 15.3. The van der Waals surface area contributed by atoms with Gasteiger partial charge in [0.2, 0.25) is 5.91 Å². The molecule has 0 radical (unpaired) electrons. The van der Waals surface area contributed by atoms with Crippen molar-refractivity contribution in [1.82, 2.24) is 10.6 Å². The Morgan fingerprint density at radius 1 is 0.907 bits per heavy atom. The molecule has 13 nitrogen and oxygen atoms in total. The number of hydrogen-bond donors (Lipinski definition) is 2. The predicted molar refractivity (Wildman–Crippen MR) is 200 cm³/mol. The second-order valence-corrected chi connectivity index (χ2v) is 15.3. The van der Waals surface area contributed by atoms with Crippen molar-refractivity contribution in [3.63, 3.8) is 0 Å². The van der Waals surface area contributed by atoms with Gasteiger partial charge in [0, 0.05) is 24.7 Å². The van der Waals surface area contributed by atoms with E-state index in [1.807, 2.05) is 0 Å². The zero-order chi connectivity index (χ0) is 40.1. The van der Waals surface area contributed by atoms with Gasteiger partial charge in [-0.1, -0.05) is 32.9 Å². The van der Waals surface area contributed by atoms with Gasteiger partial charge in [0.05, 0.1) is 40.5 Å². The summed E-state index contributed by atoms with van der Waals surface area (Å²) < 4.78 is 58.3. The highest BCUT2D eigenvalue weighted by molar-refractivity contribution is 5.88. The van der Waals surface area contributed by atoms with Crippen LogP contribution in [0.15, 0.2) is 36.4 Å². The molecule has 2 amide bonds. The van der Waals surface area contributed by atoms with Crippen LogP contribution in [0.4, 0.5) is 9.18 Å². The molecule has 302 valence electrons. The minimum Gasteiger partial charge on any atom is -0.496 e. The molecule has 2 unspecified atom stereocenters. The van der Waals surface area contributed by atoms with Gasteiger partial charge >= 0.3 is 12.1 Å². The quantitative estimate of drug-likeness (QED) is 0.164. The van der Waals surface area contributed by atoms with Crippen molar-refractivity contribution >= 4 is 18.0 Å². The molecule has 14 heteroatoms. The number of hydrogen-bond acceptors (Lipinski definition) is 11. The minimum absolute atomic E-state index is 0.0113. The summed E-state index contributed by atoms with van der Waals surface area (Å²) in [4.78, 5) is 41.4. The molecule has 1 aliphatic rings. The van der Waals surface area contributed by atoms with Crippen molar-refractivity contribution in [3.05, 3.63) is 47.5 Å². The van der Waals surface area contributed by atoms with Gasteiger partial charge in [-0.2, -0.15) is 0 Å². The van der Waals surface area contributed by atoms with Crippen molar-refractivity contribution < 1.29 is 56.7 Å². The highest BCUT2D eigenvalue weighted by Gasteiger charge is 2.53. The number of benzene rings is 2. The number of nitrogens with one attached hydrogen (secondary N) is 2. The molecule has 2 aromatic rings. The number of esters is 1. The lowest BCUT2D eigenvalue weighted by Gasteiger charge is -2.44. The van der Waals surface area contributed by atoms with Crippen LogP contribution in [-0.2, 0) is 41.5 Å². The van der Waals surface area contributed by atoms with Gasteiger partial charge in [-0.25, -0.2) is 14.0 Å². The van der Waals surface area contributed by atoms with Gasteiger partial charge in [0.15, 0.2) is 6.29 Å². The van der Waals surface area contributed by atoms with Gasteiger partial charge in [-0.3, -0.25) is 4.79 Å². The van der Waals surface area contributed by atoms with E-state index in [0.29, 0.717) is 41.6 Å². The number of carbonyl (C=O) groups is 3. The fourth-order valence-electron chi connectivity index (χ4n) is 6.19. The molecule has 0 aliphatic carbocycles. The molecule has 0 saturated carbocycles. The smallest absolute Gasteiger partial charge is 0.408 e. The van der Waals surface area contributed by atoms with Crippen LogP contribution in [-0.4, -0.2) is 89.8 Å². The molecule has 2 aromatic carbocycles. The predicted octanol–water partition coefficient (Wildman–Crippen LogP) is 6.32. The summed E-state index contributed by atoms with van der Waals surface area (Å²) >= 11 is 0. The van der Waals surface area contributed by atoms with Gasteiger partial charge < -0.3 is 48.5 Å². The van der Waals surface area contributed by atoms with Crippen molar-refractivity contribution in [1.29, 1.82) is 0 Å². The van der Waals surface area contributed by atoms with E-state index in [1.165, 1.54) is 28.4 Å². The van der Waals surface area contributed by atoms with E-state index in [9.17, 15) is 18.8 Å². The average Bonchev–Trinajstić information content (AvgIpc) is 3.13. The molecule has 3 rings (SSSR count). The van der Waals surface area contributed by atoms with Crippen LogP contribution >= 0.6 is 0 Å². The Labute approximate surface area is 318 Å². The number of rotatable bonds is 18. The van der Waals surface area contributed by atoms with E-state index >= 15 is 0 Å². The van der Waals surface area contributed by atoms with E-state index in [2.05, 4.69) is 10.6 Å². The van der Waals surface area contributed by atoms with Crippen LogP contribution in [0.1, 0.15) is 78.4 Å². The number of methoxy groups -OCH3 is 4. The Balaban J connectivity index is 1.94. The Kier molecular flexibility index (Phi) is 16.2. The lowest BCUT2D eigenvalue weighted by atomic mass is 9.68. The molecule has 0 spiro atoms. The molecule has 1 fully saturated rings. The first kappa shape index (κ1) is 44.1. The van der Waals surface area contributed by atoms with E-state index in [1.54, 1.807) is 77.9 Å². The Morgan fingerprint density at radius 2 is 1.56 bits per heavy atom. The summed E-state index contributed by atoms with van der Waals surface area (Å²) in [5.74, 6) is -0.159. The first-order valence-corrected chi connectivity index (χ1v) is 18.2. The number of amides is 2. The second kappa shape index (κ2) is 19.9. The van der Waals surface area contributed by atoms with Crippen molar-refractivity contribution in [3.8, 4) is 23.0 Å². The van der Waals surface area contributed by atoms with Crippen molar-refractivity contribution in [2.45, 2.75) is 104 Å². The molecule has 1 aliphatic heterocycles. The summed E-state index contributed by atoms with van der Waals surface area (Å²) in [5, 5.41) is 5.79. The standard InChI is InChI=1S/C40H59FN2O11/c1-38(2,3)40(36(45)50-10,43-37(46)54-39(4,5)6)22-27(35(44)42-24-31-32(48-8)20-29(47-7)21-33(31)49-9)19-26-14-16-28(17-15-26)52-25-30(23-41)53-34-13-11-12-18-51-34/h14-17,20-21,27,30,34H,11-13,18-19,22-25H2,1-10H3,(H,42,44)(H,43,46)/t27-,30?,34?,40+/m0/s1. The molecular formula is C40H59FN2O11. The lowest BCUT2D eigenvalue weighted by Crippen LogP contribution is -2.64. The Morgan fingerprint density at radius 3 is 2.06 bits per heavy atom. The third kappa shape index (κ3) is 12.4. The molecule has 1 heterocycles. The monoisotopic (exact) mass is 762 g/mol. The van der Waals surface area contributed by atoms with Gasteiger partial charge in [0.25, 0.3) is 0 Å². The van der Waals surface area contributed by atoms with Crippen LogP contribution in [0.3, 0.4) is 0 Å². The third-order valence-corrected chi connectivity index (χ3v) is 9.20. The first-order chi connectivity index (χ1) is 25.5. The molecule has 4 atom stereocenters. The number of halogens is 1. The van der Waals surface area contributed by atoms with Crippen LogP contribution in [0.2, 0.25) is 0 Å². The van der Waals surface area contributed by atoms with Gasteiger partial charge in [-0.15, -0.1) is 0 Å². The molecule has 54 heavy (non-hydrogen) atoms. The summed E-state index contributed by atoms with van der Waals surface area (Å²) in [7, 11) is 5.76. The van der Waals surface area contributed by atoms with Gasteiger partial charge in [0.1, 0.15) is 53.5 Å². The SMILES string of the molecule is COC(=O)[C@@](C[C@H](Cc1ccc(OCC(CF)OC2CCCCO2)cc1)C(=O)NCc1c(OC)cc(OC)cc1OC)(NC(=O)OC(C)(C)C)C(C)(C)C. The largest absolute Gasteiger partial charge is 0.496 e. The minimum atomic E-state index is -1.70. The lowest BCUT2D eigenvalue weighted by molar-refractivity contribution is -0.195. The topological polar surface area (TPSA) is 149 Å². The fraction of sp³-hybridized carbons (Fsp3) is 0.625. The number of ether oxygens (including phenoxy) is 8. The summed E-state index contributed by atoms with van der Waals surface area (Å²) in [5.41, 5.74) is -2.20. The van der Waals surface area contributed by atoms with E-state index in [0.717, 1.165) is 18.4 Å².